The third kappa shape index (κ3) is 5.26. The van der Waals surface area contributed by atoms with Gasteiger partial charge in [0.25, 0.3) is 0 Å². The molecule has 1 aliphatic rings. The molecule has 10 heteroatoms. The number of sulfonamides is 1. The third-order valence-electron chi connectivity index (χ3n) is 4.43. The standard InChI is InChI=1S/C19H21F2N3O3S2/c20-16-7-4-8-17(21)18(16)29(26,27)24-12-10-23(11-13-24)19(25)22-9-14-28-15-5-2-1-3-6-15/h1-8H,9-14H2,(H,22,25). The molecule has 0 saturated carbocycles. The van der Waals surface area contributed by atoms with Crippen LogP contribution in [0.2, 0.25) is 0 Å². The van der Waals surface area contributed by atoms with Crippen molar-refractivity contribution in [1.82, 2.24) is 14.5 Å². The Morgan fingerprint density at radius 3 is 2.21 bits per heavy atom. The van der Waals surface area contributed by atoms with Crippen LogP contribution in [0.3, 0.4) is 0 Å². The summed E-state index contributed by atoms with van der Waals surface area (Å²) < 4.78 is 53.9. The van der Waals surface area contributed by atoms with Gasteiger partial charge in [0, 0.05) is 43.4 Å². The van der Waals surface area contributed by atoms with Crippen molar-refractivity contribution in [2.45, 2.75) is 9.79 Å². The van der Waals surface area contributed by atoms with Gasteiger partial charge in [-0.2, -0.15) is 4.31 Å². The van der Waals surface area contributed by atoms with E-state index < -0.39 is 26.6 Å². The highest BCUT2D eigenvalue weighted by atomic mass is 32.2. The van der Waals surface area contributed by atoms with E-state index in [0.29, 0.717) is 12.3 Å². The van der Waals surface area contributed by atoms with Crippen LogP contribution in [0.25, 0.3) is 0 Å². The summed E-state index contributed by atoms with van der Waals surface area (Å²) >= 11 is 1.62. The second kappa shape index (κ2) is 9.55. The lowest BCUT2D eigenvalue weighted by Gasteiger charge is -2.34. The number of carbonyl (C=O) groups is 1. The minimum absolute atomic E-state index is 0.0255. The molecule has 2 aromatic carbocycles. The number of piperazine rings is 1. The van der Waals surface area contributed by atoms with Crippen molar-refractivity contribution >= 4 is 27.8 Å². The van der Waals surface area contributed by atoms with Crippen molar-refractivity contribution in [2.24, 2.45) is 0 Å². The fourth-order valence-corrected chi connectivity index (χ4v) is 5.27. The molecule has 1 aliphatic heterocycles. The lowest BCUT2D eigenvalue weighted by molar-refractivity contribution is 0.172. The summed E-state index contributed by atoms with van der Waals surface area (Å²) in [6.45, 7) is 0.710. The Kier molecular flexibility index (Phi) is 7.09. The molecule has 0 bridgehead atoms. The van der Waals surface area contributed by atoms with Gasteiger partial charge in [-0.25, -0.2) is 22.0 Å². The van der Waals surface area contributed by atoms with Gasteiger partial charge < -0.3 is 10.2 Å². The predicted molar refractivity (Wildman–Crippen MR) is 107 cm³/mol. The van der Waals surface area contributed by atoms with Crippen LogP contribution in [0.1, 0.15) is 0 Å². The van der Waals surface area contributed by atoms with E-state index in [4.69, 9.17) is 0 Å². The van der Waals surface area contributed by atoms with Crippen LogP contribution in [-0.2, 0) is 10.0 Å². The molecule has 0 aliphatic carbocycles. The van der Waals surface area contributed by atoms with Gasteiger partial charge in [0.1, 0.15) is 11.6 Å². The van der Waals surface area contributed by atoms with E-state index in [-0.39, 0.29) is 32.2 Å². The molecule has 29 heavy (non-hydrogen) atoms. The topological polar surface area (TPSA) is 69.7 Å². The SMILES string of the molecule is O=C(NCCSc1ccccc1)N1CCN(S(=O)(=O)c2c(F)cccc2F)CC1. The minimum Gasteiger partial charge on any atom is -0.337 e. The molecule has 2 amide bonds. The van der Waals surface area contributed by atoms with Crippen LogP contribution in [0.5, 0.6) is 0 Å². The maximum atomic E-state index is 13.9. The zero-order chi connectivity index (χ0) is 20.9. The van der Waals surface area contributed by atoms with Gasteiger partial charge in [0.05, 0.1) is 0 Å². The summed E-state index contributed by atoms with van der Waals surface area (Å²) in [5, 5.41) is 2.80. The van der Waals surface area contributed by atoms with Crippen molar-refractivity contribution in [3.63, 3.8) is 0 Å². The number of nitrogens with zero attached hydrogens (tertiary/aromatic N) is 2. The van der Waals surface area contributed by atoms with Crippen molar-refractivity contribution in [3.8, 4) is 0 Å². The smallest absolute Gasteiger partial charge is 0.317 e. The van der Waals surface area contributed by atoms with E-state index in [1.54, 1.807) is 11.8 Å². The number of benzene rings is 2. The van der Waals surface area contributed by atoms with Crippen LogP contribution in [0, 0.1) is 11.6 Å². The molecule has 0 atom stereocenters. The number of halogens is 2. The molecule has 1 heterocycles. The van der Waals surface area contributed by atoms with Crippen molar-refractivity contribution in [1.29, 1.82) is 0 Å². The quantitative estimate of drug-likeness (QED) is 0.553. The summed E-state index contributed by atoms with van der Waals surface area (Å²) in [4.78, 5) is 13.9. The molecule has 0 unspecified atom stereocenters. The molecule has 3 rings (SSSR count). The molecule has 156 valence electrons. The second-order valence-electron chi connectivity index (χ2n) is 6.34. The monoisotopic (exact) mass is 441 g/mol. The highest BCUT2D eigenvalue weighted by Crippen LogP contribution is 2.23. The number of hydrogen-bond donors (Lipinski definition) is 1. The van der Waals surface area contributed by atoms with Crippen LogP contribution < -0.4 is 5.32 Å². The normalized spacial score (nSPS) is 15.3. The zero-order valence-corrected chi connectivity index (χ0v) is 17.2. The molecule has 1 N–H and O–H groups in total. The average molecular weight is 442 g/mol. The predicted octanol–water partition coefficient (Wildman–Crippen LogP) is 2.77. The summed E-state index contributed by atoms with van der Waals surface area (Å²) in [6, 6.07) is 12.5. The fraction of sp³-hybridized carbons (Fsp3) is 0.316. The maximum Gasteiger partial charge on any atom is 0.317 e. The van der Waals surface area contributed by atoms with E-state index in [9.17, 15) is 22.0 Å². The molecule has 1 fully saturated rings. The van der Waals surface area contributed by atoms with Gasteiger partial charge >= 0.3 is 6.03 Å². The number of thioether (sulfide) groups is 1. The number of urea groups is 1. The largest absolute Gasteiger partial charge is 0.337 e. The summed E-state index contributed by atoms with van der Waals surface area (Å²) in [6.07, 6.45) is 0. The van der Waals surface area contributed by atoms with Gasteiger partial charge in [-0.05, 0) is 24.3 Å². The van der Waals surface area contributed by atoms with Gasteiger partial charge in [0.15, 0.2) is 4.90 Å². The van der Waals surface area contributed by atoms with E-state index in [1.165, 1.54) is 4.90 Å². The van der Waals surface area contributed by atoms with Crippen LogP contribution in [-0.4, -0.2) is 62.1 Å². The first-order chi connectivity index (χ1) is 13.9. The maximum absolute atomic E-state index is 13.9. The van der Waals surface area contributed by atoms with Gasteiger partial charge in [-0.15, -0.1) is 11.8 Å². The number of carbonyl (C=O) groups excluding carboxylic acids is 1. The lowest BCUT2D eigenvalue weighted by Crippen LogP contribution is -2.53. The van der Waals surface area contributed by atoms with Gasteiger partial charge in [0.2, 0.25) is 10.0 Å². The number of amides is 2. The van der Waals surface area contributed by atoms with E-state index in [1.807, 2.05) is 30.3 Å². The summed E-state index contributed by atoms with van der Waals surface area (Å²) in [5.74, 6) is -1.54. The molecule has 0 radical (unpaired) electrons. The molecular weight excluding hydrogens is 420 g/mol. The summed E-state index contributed by atoms with van der Waals surface area (Å²) in [5.41, 5.74) is 0. The van der Waals surface area contributed by atoms with E-state index in [2.05, 4.69) is 5.32 Å². The third-order valence-corrected chi connectivity index (χ3v) is 7.40. The average Bonchev–Trinajstić information content (AvgIpc) is 2.71. The Morgan fingerprint density at radius 2 is 1.59 bits per heavy atom. The number of rotatable bonds is 6. The molecule has 2 aromatic rings. The van der Waals surface area contributed by atoms with Gasteiger partial charge in [-0.3, -0.25) is 0 Å². The zero-order valence-electron chi connectivity index (χ0n) is 15.6. The van der Waals surface area contributed by atoms with E-state index >= 15 is 0 Å². The van der Waals surface area contributed by atoms with Crippen LogP contribution in [0.4, 0.5) is 13.6 Å². The van der Waals surface area contributed by atoms with Gasteiger partial charge in [-0.1, -0.05) is 24.3 Å². The highest BCUT2D eigenvalue weighted by molar-refractivity contribution is 7.99. The molecule has 6 nitrogen and oxygen atoms in total. The molecular formula is C19H21F2N3O3S2. The van der Waals surface area contributed by atoms with Crippen molar-refractivity contribution in [2.75, 3.05) is 38.5 Å². The molecule has 1 saturated heterocycles. The second-order valence-corrected chi connectivity index (χ2v) is 9.38. The first kappa shape index (κ1) is 21.5. The Hall–Kier alpha value is -2.17. The van der Waals surface area contributed by atoms with Crippen molar-refractivity contribution < 1.29 is 22.0 Å². The fourth-order valence-electron chi connectivity index (χ4n) is 2.94. The van der Waals surface area contributed by atoms with Crippen LogP contribution >= 0.6 is 11.8 Å². The van der Waals surface area contributed by atoms with E-state index in [0.717, 1.165) is 27.4 Å². The number of nitrogens with one attached hydrogen (secondary N) is 1. The molecule has 0 aromatic heterocycles. The highest BCUT2D eigenvalue weighted by Gasteiger charge is 2.33. The Balaban J connectivity index is 1.49. The van der Waals surface area contributed by atoms with Crippen molar-refractivity contribution in [3.05, 3.63) is 60.2 Å². The Labute approximate surface area is 172 Å². The minimum atomic E-state index is -4.30. The Morgan fingerprint density at radius 1 is 0.966 bits per heavy atom. The number of hydrogen-bond acceptors (Lipinski definition) is 4. The summed E-state index contributed by atoms with van der Waals surface area (Å²) in [7, 11) is -4.30. The lowest BCUT2D eigenvalue weighted by atomic mass is 10.3. The molecule has 0 spiro atoms. The first-order valence-corrected chi connectivity index (χ1v) is 11.5. The first-order valence-electron chi connectivity index (χ1n) is 9.04. The van der Waals surface area contributed by atoms with Crippen LogP contribution in [0.15, 0.2) is 58.3 Å². The Bertz CT molecular complexity index is 930.